The van der Waals surface area contributed by atoms with Crippen LogP contribution in [0, 0.1) is 17.3 Å². The van der Waals surface area contributed by atoms with Crippen LogP contribution in [0.2, 0.25) is 5.02 Å². The maximum Gasteiger partial charge on any atom is 0.0441 e. The molecule has 0 spiro atoms. The van der Waals surface area contributed by atoms with E-state index in [0.29, 0.717) is 11.3 Å². The predicted octanol–water partition coefficient (Wildman–Crippen LogP) is 5.50. The van der Waals surface area contributed by atoms with Crippen LogP contribution in [-0.2, 0) is 0 Å². The van der Waals surface area contributed by atoms with E-state index >= 15 is 0 Å². The largest absolute Gasteiger partial charge is 0.316 e. The molecule has 1 heterocycles. The lowest BCUT2D eigenvalue weighted by molar-refractivity contribution is 0.0972. The van der Waals surface area contributed by atoms with Crippen LogP contribution in [0.1, 0.15) is 58.4 Å². The number of nitrogens with one attached hydrogen (secondary N) is 1. The average Bonchev–Trinajstić information content (AvgIpc) is 2.38. The summed E-state index contributed by atoms with van der Waals surface area (Å²) in [5, 5.41) is 4.54. The van der Waals surface area contributed by atoms with Gasteiger partial charge in [0.25, 0.3) is 0 Å². The maximum absolute atomic E-state index is 6.53. The van der Waals surface area contributed by atoms with Crippen molar-refractivity contribution in [2.75, 3.05) is 13.1 Å². The van der Waals surface area contributed by atoms with Gasteiger partial charge in [-0.1, -0.05) is 57.5 Å². The van der Waals surface area contributed by atoms with Crippen molar-refractivity contribution in [2.24, 2.45) is 17.3 Å². The van der Waals surface area contributed by atoms with E-state index in [1.54, 1.807) is 0 Å². The van der Waals surface area contributed by atoms with E-state index in [0.717, 1.165) is 29.9 Å². The first-order valence-corrected chi connectivity index (χ1v) is 8.77. The zero-order valence-electron chi connectivity index (χ0n) is 14.0. The fourth-order valence-corrected chi connectivity index (χ4v) is 4.64. The highest BCUT2D eigenvalue weighted by Gasteiger charge is 2.42. The molecular formula is C19H30ClN. The molecule has 1 fully saturated rings. The highest BCUT2D eigenvalue weighted by Crippen LogP contribution is 2.50. The van der Waals surface area contributed by atoms with Crippen molar-refractivity contribution in [3.8, 4) is 0 Å². The van der Waals surface area contributed by atoms with Gasteiger partial charge in [0.05, 0.1) is 0 Å². The van der Waals surface area contributed by atoms with Crippen LogP contribution in [0.25, 0.3) is 0 Å². The summed E-state index contributed by atoms with van der Waals surface area (Å²) >= 11 is 6.53. The molecule has 1 unspecified atom stereocenters. The van der Waals surface area contributed by atoms with Crippen LogP contribution in [-0.4, -0.2) is 13.1 Å². The Bertz CT molecular complexity index is 443. The number of hydrogen-bond acceptors (Lipinski definition) is 1. The minimum absolute atomic E-state index is 0.387. The number of hydrogen-bond donors (Lipinski definition) is 1. The monoisotopic (exact) mass is 307 g/mol. The number of piperidine rings is 1. The predicted molar refractivity (Wildman–Crippen MR) is 93.0 cm³/mol. The van der Waals surface area contributed by atoms with Crippen molar-refractivity contribution in [3.05, 3.63) is 34.9 Å². The van der Waals surface area contributed by atoms with Crippen molar-refractivity contribution < 1.29 is 0 Å². The minimum atomic E-state index is 0.387. The molecule has 1 aromatic rings. The summed E-state index contributed by atoms with van der Waals surface area (Å²) in [6.45, 7) is 11.6. The summed E-state index contributed by atoms with van der Waals surface area (Å²) in [5.41, 5.74) is 1.73. The van der Waals surface area contributed by atoms with Crippen LogP contribution in [0.15, 0.2) is 24.3 Å². The molecule has 0 aliphatic carbocycles. The molecular weight excluding hydrogens is 278 g/mol. The van der Waals surface area contributed by atoms with Gasteiger partial charge in [-0.3, -0.25) is 0 Å². The van der Waals surface area contributed by atoms with Crippen molar-refractivity contribution in [2.45, 2.75) is 52.9 Å². The third-order valence-electron chi connectivity index (χ3n) is 4.80. The van der Waals surface area contributed by atoms with Gasteiger partial charge in [0.1, 0.15) is 0 Å². The van der Waals surface area contributed by atoms with Gasteiger partial charge in [-0.05, 0) is 54.7 Å². The Kier molecular flexibility index (Phi) is 5.73. The number of benzene rings is 1. The summed E-state index contributed by atoms with van der Waals surface area (Å²) in [4.78, 5) is 0. The van der Waals surface area contributed by atoms with E-state index in [9.17, 15) is 0 Å². The standard InChI is InChI=1S/C19H30ClN/c1-14(2)11-19(12-15(3)4)9-10-21-13-17(19)16-7-5-6-8-18(16)20/h5-8,14-15,17,21H,9-13H2,1-4H3. The van der Waals surface area contributed by atoms with Crippen LogP contribution >= 0.6 is 11.6 Å². The maximum atomic E-state index is 6.53. The van der Waals surface area contributed by atoms with Crippen molar-refractivity contribution >= 4 is 11.6 Å². The minimum Gasteiger partial charge on any atom is -0.316 e. The first-order valence-electron chi connectivity index (χ1n) is 8.40. The van der Waals surface area contributed by atoms with E-state index in [1.807, 2.05) is 12.1 Å². The van der Waals surface area contributed by atoms with Crippen LogP contribution < -0.4 is 5.32 Å². The molecule has 118 valence electrons. The molecule has 2 rings (SSSR count). The second-order valence-corrected chi connectivity index (χ2v) is 7.99. The molecule has 0 bridgehead atoms. The molecule has 0 amide bonds. The Morgan fingerprint density at radius 3 is 2.33 bits per heavy atom. The molecule has 0 aromatic heterocycles. The van der Waals surface area contributed by atoms with Gasteiger partial charge in [-0.15, -0.1) is 0 Å². The quantitative estimate of drug-likeness (QED) is 0.758. The first-order chi connectivity index (χ1) is 9.94. The van der Waals surface area contributed by atoms with Crippen LogP contribution in [0.3, 0.4) is 0 Å². The third kappa shape index (κ3) is 4.02. The van der Waals surface area contributed by atoms with Crippen molar-refractivity contribution in [3.63, 3.8) is 0 Å². The molecule has 0 radical (unpaired) electrons. The normalized spacial score (nSPS) is 22.0. The molecule has 1 aliphatic heterocycles. The zero-order valence-corrected chi connectivity index (χ0v) is 14.7. The van der Waals surface area contributed by atoms with Gasteiger partial charge in [-0.25, -0.2) is 0 Å². The van der Waals surface area contributed by atoms with Gasteiger partial charge in [-0.2, -0.15) is 0 Å². The number of rotatable bonds is 5. The summed E-state index contributed by atoms with van der Waals surface area (Å²) in [7, 11) is 0. The lowest BCUT2D eigenvalue weighted by Gasteiger charge is -2.47. The molecule has 1 nitrogen and oxygen atoms in total. The lowest BCUT2D eigenvalue weighted by atomic mass is 9.60. The molecule has 0 saturated carbocycles. The lowest BCUT2D eigenvalue weighted by Crippen LogP contribution is -2.45. The Morgan fingerprint density at radius 2 is 1.76 bits per heavy atom. The smallest absolute Gasteiger partial charge is 0.0441 e. The van der Waals surface area contributed by atoms with Crippen molar-refractivity contribution in [1.29, 1.82) is 0 Å². The average molecular weight is 308 g/mol. The van der Waals surface area contributed by atoms with Gasteiger partial charge in [0, 0.05) is 17.5 Å². The molecule has 1 N–H and O–H groups in total. The Balaban J connectivity index is 2.40. The van der Waals surface area contributed by atoms with E-state index in [-0.39, 0.29) is 0 Å². The van der Waals surface area contributed by atoms with E-state index in [2.05, 4.69) is 45.1 Å². The van der Waals surface area contributed by atoms with E-state index in [4.69, 9.17) is 11.6 Å². The highest BCUT2D eigenvalue weighted by atomic mass is 35.5. The third-order valence-corrected chi connectivity index (χ3v) is 5.14. The Labute approximate surface area is 135 Å². The van der Waals surface area contributed by atoms with E-state index < -0.39 is 0 Å². The summed E-state index contributed by atoms with van der Waals surface area (Å²) in [6, 6.07) is 8.44. The van der Waals surface area contributed by atoms with Gasteiger partial charge in [0.15, 0.2) is 0 Å². The van der Waals surface area contributed by atoms with Gasteiger partial charge in [0.2, 0.25) is 0 Å². The Hall–Kier alpha value is -0.530. The summed E-state index contributed by atoms with van der Waals surface area (Å²) in [5.74, 6) is 1.99. The van der Waals surface area contributed by atoms with Crippen molar-refractivity contribution in [1.82, 2.24) is 5.32 Å². The molecule has 2 heteroatoms. The fraction of sp³-hybridized carbons (Fsp3) is 0.684. The van der Waals surface area contributed by atoms with Crippen LogP contribution in [0.4, 0.5) is 0 Å². The zero-order chi connectivity index (χ0) is 15.5. The van der Waals surface area contributed by atoms with Gasteiger partial charge >= 0.3 is 0 Å². The van der Waals surface area contributed by atoms with Crippen LogP contribution in [0.5, 0.6) is 0 Å². The molecule has 1 aliphatic rings. The summed E-state index contributed by atoms with van der Waals surface area (Å²) < 4.78 is 0. The van der Waals surface area contributed by atoms with E-state index in [1.165, 1.54) is 24.8 Å². The highest BCUT2D eigenvalue weighted by molar-refractivity contribution is 6.31. The molecule has 21 heavy (non-hydrogen) atoms. The number of halogens is 1. The molecule has 1 saturated heterocycles. The second kappa shape index (κ2) is 7.15. The second-order valence-electron chi connectivity index (χ2n) is 7.59. The first kappa shape index (κ1) is 16.8. The Morgan fingerprint density at radius 1 is 1.14 bits per heavy atom. The molecule has 1 atom stereocenters. The topological polar surface area (TPSA) is 12.0 Å². The van der Waals surface area contributed by atoms with Gasteiger partial charge < -0.3 is 5.32 Å². The molecule has 1 aromatic carbocycles. The SMILES string of the molecule is CC(C)CC1(CC(C)C)CCNCC1c1ccccc1Cl. The fourth-order valence-electron chi connectivity index (χ4n) is 4.37. The summed E-state index contributed by atoms with van der Waals surface area (Å²) in [6.07, 6.45) is 3.85.